The van der Waals surface area contributed by atoms with Gasteiger partial charge in [-0.3, -0.25) is 4.57 Å². The van der Waals surface area contributed by atoms with Crippen molar-refractivity contribution >= 4 is 22.5 Å². The van der Waals surface area contributed by atoms with Crippen molar-refractivity contribution in [3.63, 3.8) is 0 Å². The minimum absolute atomic E-state index is 0.249. The zero-order chi connectivity index (χ0) is 14.1. The Morgan fingerprint density at radius 3 is 2.60 bits per heavy atom. The van der Waals surface area contributed by atoms with E-state index in [0.29, 0.717) is 17.3 Å². The SMILES string of the molecule is CCn1c(=O)nc(-c2ccccc2)c2ccc(Cl)cc21. The van der Waals surface area contributed by atoms with Crippen molar-refractivity contribution in [1.82, 2.24) is 9.55 Å². The normalized spacial score (nSPS) is 10.9. The first-order valence-electron chi connectivity index (χ1n) is 6.46. The van der Waals surface area contributed by atoms with Crippen molar-refractivity contribution < 1.29 is 0 Å². The molecule has 1 heterocycles. The molecular formula is C16H13ClN2O. The molecule has 100 valence electrons. The van der Waals surface area contributed by atoms with Gasteiger partial charge in [0.05, 0.1) is 11.2 Å². The van der Waals surface area contributed by atoms with E-state index in [0.717, 1.165) is 16.5 Å². The smallest absolute Gasteiger partial charge is 0.292 e. The van der Waals surface area contributed by atoms with Crippen LogP contribution in [-0.4, -0.2) is 9.55 Å². The molecule has 1 aromatic heterocycles. The van der Waals surface area contributed by atoms with Crippen molar-refractivity contribution in [1.29, 1.82) is 0 Å². The number of fused-ring (bicyclic) bond motifs is 1. The fourth-order valence-electron chi connectivity index (χ4n) is 2.37. The summed E-state index contributed by atoms with van der Waals surface area (Å²) in [4.78, 5) is 16.4. The highest BCUT2D eigenvalue weighted by Gasteiger charge is 2.11. The average Bonchev–Trinajstić information content (AvgIpc) is 2.47. The lowest BCUT2D eigenvalue weighted by atomic mass is 10.1. The van der Waals surface area contributed by atoms with Crippen LogP contribution in [0.15, 0.2) is 53.3 Å². The molecule has 4 heteroatoms. The third-order valence-corrected chi connectivity index (χ3v) is 3.54. The van der Waals surface area contributed by atoms with Crippen LogP contribution < -0.4 is 5.69 Å². The van der Waals surface area contributed by atoms with Crippen LogP contribution in [0.5, 0.6) is 0 Å². The van der Waals surface area contributed by atoms with Crippen LogP contribution in [0, 0.1) is 0 Å². The molecule has 3 aromatic rings. The Morgan fingerprint density at radius 2 is 1.90 bits per heavy atom. The largest absolute Gasteiger partial charge is 0.348 e. The number of hydrogen-bond acceptors (Lipinski definition) is 2. The molecule has 0 saturated carbocycles. The number of hydrogen-bond donors (Lipinski definition) is 0. The summed E-state index contributed by atoms with van der Waals surface area (Å²) >= 11 is 6.06. The monoisotopic (exact) mass is 284 g/mol. The zero-order valence-electron chi connectivity index (χ0n) is 11.0. The molecule has 2 aromatic carbocycles. The van der Waals surface area contributed by atoms with E-state index in [4.69, 9.17) is 11.6 Å². The maximum absolute atomic E-state index is 12.2. The minimum atomic E-state index is -0.249. The summed E-state index contributed by atoms with van der Waals surface area (Å²) in [6, 6.07) is 15.3. The van der Waals surface area contributed by atoms with Gasteiger partial charge in [0, 0.05) is 22.5 Å². The highest BCUT2D eigenvalue weighted by atomic mass is 35.5. The van der Waals surface area contributed by atoms with Gasteiger partial charge in [-0.05, 0) is 25.1 Å². The Morgan fingerprint density at radius 1 is 1.15 bits per heavy atom. The van der Waals surface area contributed by atoms with Crippen molar-refractivity contribution in [2.45, 2.75) is 13.5 Å². The first kappa shape index (κ1) is 12.9. The third-order valence-electron chi connectivity index (χ3n) is 3.31. The number of aromatic nitrogens is 2. The van der Waals surface area contributed by atoms with Crippen molar-refractivity contribution in [2.24, 2.45) is 0 Å². The molecule has 0 saturated heterocycles. The lowest BCUT2D eigenvalue weighted by molar-refractivity contribution is 0.733. The number of benzene rings is 2. The molecule has 0 spiro atoms. The standard InChI is InChI=1S/C16H13ClN2O/c1-2-19-14-10-12(17)8-9-13(14)15(18-16(19)20)11-6-4-3-5-7-11/h3-10H,2H2,1H3. The molecule has 3 rings (SSSR count). The molecule has 0 bridgehead atoms. The number of aryl methyl sites for hydroxylation is 1. The summed E-state index contributed by atoms with van der Waals surface area (Å²) in [6.07, 6.45) is 0. The summed E-state index contributed by atoms with van der Waals surface area (Å²) in [5.74, 6) is 0. The minimum Gasteiger partial charge on any atom is -0.292 e. The molecule has 0 N–H and O–H groups in total. The maximum atomic E-state index is 12.2. The number of rotatable bonds is 2. The Labute approximate surface area is 121 Å². The number of nitrogens with zero attached hydrogens (tertiary/aromatic N) is 2. The van der Waals surface area contributed by atoms with Gasteiger partial charge in [0.2, 0.25) is 0 Å². The van der Waals surface area contributed by atoms with Crippen LogP contribution in [0.25, 0.3) is 22.2 Å². The highest BCUT2D eigenvalue weighted by Crippen LogP contribution is 2.27. The molecule has 0 unspecified atom stereocenters. The molecule has 0 radical (unpaired) electrons. The molecule has 0 fully saturated rings. The summed E-state index contributed by atoms with van der Waals surface area (Å²) in [5.41, 5.74) is 2.20. The summed E-state index contributed by atoms with van der Waals surface area (Å²) < 4.78 is 1.63. The Bertz CT molecular complexity index is 825. The number of halogens is 1. The molecule has 0 atom stereocenters. The predicted octanol–water partition coefficient (Wildman–Crippen LogP) is 3.74. The van der Waals surface area contributed by atoms with Gasteiger partial charge in [0.15, 0.2) is 0 Å². The molecular weight excluding hydrogens is 272 g/mol. The second-order valence-electron chi connectivity index (χ2n) is 4.51. The third kappa shape index (κ3) is 2.10. The van der Waals surface area contributed by atoms with Gasteiger partial charge < -0.3 is 0 Å². The van der Waals surface area contributed by atoms with Crippen molar-refractivity contribution in [2.75, 3.05) is 0 Å². The fraction of sp³-hybridized carbons (Fsp3) is 0.125. The Kier molecular flexibility index (Phi) is 3.28. The molecule has 20 heavy (non-hydrogen) atoms. The molecule has 3 nitrogen and oxygen atoms in total. The van der Waals surface area contributed by atoms with Gasteiger partial charge in [-0.2, -0.15) is 4.98 Å². The van der Waals surface area contributed by atoms with Gasteiger partial charge >= 0.3 is 5.69 Å². The molecule has 0 amide bonds. The molecule has 0 aliphatic rings. The van der Waals surface area contributed by atoms with Crippen LogP contribution in [0.2, 0.25) is 5.02 Å². The first-order valence-corrected chi connectivity index (χ1v) is 6.84. The van der Waals surface area contributed by atoms with Crippen molar-refractivity contribution in [3.8, 4) is 11.3 Å². The lowest BCUT2D eigenvalue weighted by Gasteiger charge is -2.11. The van der Waals surface area contributed by atoms with Crippen LogP contribution in [0.3, 0.4) is 0 Å². The van der Waals surface area contributed by atoms with Crippen LogP contribution in [-0.2, 0) is 6.54 Å². The topological polar surface area (TPSA) is 34.9 Å². The first-order chi connectivity index (χ1) is 9.70. The van der Waals surface area contributed by atoms with E-state index in [1.54, 1.807) is 4.57 Å². The molecule has 0 aliphatic heterocycles. The second kappa shape index (κ2) is 5.10. The van der Waals surface area contributed by atoms with Gasteiger partial charge in [0.25, 0.3) is 0 Å². The van der Waals surface area contributed by atoms with Crippen LogP contribution in [0.4, 0.5) is 0 Å². The van der Waals surface area contributed by atoms with E-state index in [9.17, 15) is 4.79 Å². The predicted molar refractivity (Wildman–Crippen MR) is 82.1 cm³/mol. The van der Waals surface area contributed by atoms with Gasteiger partial charge in [-0.15, -0.1) is 0 Å². The van der Waals surface area contributed by atoms with E-state index in [1.807, 2.05) is 55.5 Å². The van der Waals surface area contributed by atoms with Crippen molar-refractivity contribution in [3.05, 3.63) is 64.0 Å². The molecule has 0 aliphatic carbocycles. The Hall–Kier alpha value is -2.13. The van der Waals surface area contributed by atoms with Gasteiger partial charge in [-0.25, -0.2) is 4.79 Å². The average molecular weight is 285 g/mol. The van der Waals surface area contributed by atoms with Gasteiger partial charge in [0.1, 0.15) is 0 Å². The van der Waals surface area contributed by atoms with E-state index >= 15 is 0 Å². The van der Waals surface area contributed by atoms with Crippen LogP contribution in [0.1, 0.15) is 6.92 Å². The van der Waals surface area contributed by atoms with Crippen LogP contribution >= 0.6 is 11.6 Å². The Balaban J connectivity index is 2.43. The lowest BCUT2D eigenvalue weighted by Crippen LogP contribution is -2.23. The maximum Gasteiger partial charge on any atom is 0.348 e. The van der Waals surface area contributed by atoms with E-state index in [2.05, 4.69) is 4.98 Å². The summed E-state index contributed by atoms with van der Waals surface area (Å²) in [6.45, 7) is 2.49. The van der Waals surface area contributed by atoms with E-state index < -0.39 is 0 Å². The van der Waals surface area contributed by atoms with E-state index in [1.165, 1.54) is 0 Å². The second-order valence-corrected chi connectivity index (χ2v) is 4.95. The quantitative estimate of drug-likeness (QED) is 0.718. The van der Waals surface area contributed by atoms with Gasteiger partial charge in [-0.1, -0.05) is 41.9 Å². The summed E-state index contributed by atoms with van der Waals surface area (Å²) in [7, 11) is 0. The van der Waals surface area contributed by atoms with E-state index in [-0.39, 0.29) is 5.69 Å². The fourth-order valence-corrected chi connectivity index (χ4v) is 2.54. The highest BCUT2D eigenvalue weighted by molar-refractivity contribution is 6.31. The summed E-state index contributed by atoms with van der Waals surface area (Å²) in [5, 5.41) is 1.55. The zero-order valence-corrected chi connectivity index (χ0v) is 11.8.